The summed E-state index contributed by atoms with van der Waals surface area (Å²) in [5.41, 5.74) is 3.70. The number of rotatable bonds is 5. The number of hydrazine groups is 1. The van der Waals surface area contributed by atoms with E-state index in [2.05, 4.69) is 34.4 Å². The smallest absolute Gasteiger partial charge is 0.237 e. The van der Waals surface area contributed by atoms with Crippen LogP contribution in [0.1, 0.15) is 43.8 Å². The van der Waals surface area contributed by atoms with Gasteiger partial charge in [0.25, 0.3) is 0 Å². The van der Waals surface area contributed by atoms with Crippen LogP contribution >= 0.6 is 0 Å². The second kappa shape index (κ2) is 6.47. The lowest BCUT2D eigenvalue weighted by molar-refractivity contribution is 0.0535. The first-order valence-electron chi connectivity index (χ1n) is 7.14. The number of hydrogen-bond acceptors (Lipinski definition) is 6. The maximum Gasteiger partial charge on any atom is 0.237 e. The molecule has 20 heavy (non-hydrogen) atoms. The molecule has 0 radical (unpaired) electrons. The molecule has 1 saturated carbocycles. The summed E-state index contributed by atoms with van der Waals surface area (Å²) in [7, 11) is 5.83. The van der Waals surface area contributed by atoms with Gasteiger partial charge in [-0.2, -0.15) is 0 Å². The standard InChI is InChI=1S/C14H25N5O/c1-19(2)14(7-5-4-6-8-14)12(18-15)11-13(20-3)17-10-9-16-11/h9-10,12,18H,4-8,15H2,1-3H3. The predicted octanol–water partition coefficient (Wildman–Crippen LogP) is 1.25. The number of hydrogen-bond donors (Lipinski definition) is 2. The van der Waals surface area contributed by atoms with Crippen LogP contribution in [-0.4, -0.2) is 41.6 Å². The zero-order chi connectivity index (χ0) is 14.6. The van der Waals surface area contributed by atoms with Crippen molar-refractivity contribution in [2.45, 2.75) is 43.7 Å². The first-order valence-corrected chi connectivity index (χ1v) is 7.14. The van der Waals surface area contributed by atoms with E-state index in [9.17, 15) is 0 Å². The van der Waals surface area contributed by atoms with Crippen LogP contribution < -0.4 is 16.0 Å². The topological polar surface area (TPSA) is 76.3 Å². The summed E-state index contributed by atoms with van der Waals surface area (Å²) in [6, 6.07) is -0.0959. The van der Waals surface area contributed by atoms with Gasteiger partial charge in [-0.3, -0.25) is 10.8 Å². The van der Waals surface area contributed by atoms with Crippen molar-refractivity contribution < 1.29 is 4.74 Å². The van der Waals surface area contributed by atoms with E-state index in [0.717, 1.165) is 18.5 Å². The molecule has 1 unspecified atom stereocenters. The highest BCUT2D eigenvalue weighted by Crippen LogP contribution is 2.42. The number of methoxy groups -OCH3 is 1. The molecular weight excluding hydrogens is 254 g/mol. The molecule has 6 nitrogen and oxygen atoms in total. The van der Waals surface area contributed by atoms with Crippen molar-refractivity contribution in [1.29, 1.82) is 0 Å². The van der Waals surface area contributed by atoms with Gasteiger partial charge >= 0.3 is 0 Å². The van der Waals surface area contributed by atoms with Crippen LogP contribution in [0.25, 0.3) is 0 Å². The molecule has 1 aromatic heterocycles. The third-order valence-electron chi connectivity index (χ3n) is 4.47. The summed E-state index contributed by atoms with van der Waals surface area (Å²) in [4.78, 5) is 11.0. The van der Waals surface area contributed by atoms with E-state index in [4.69, 9.17) is 10.6 Å². The minimum atomic E-state index is -0.0959. The van der Waals surface area contributed by atoms with E-state index in [1.165, 1.54) is 19.3 Å². The van der Waals surface area contributed by atoms with Crippen LogP contribution in [0, 0.1) is 0 Å². The first-order chi connectivity index (χ1) is 9.65. The summed E-state index contributed by atoms with van der Waals surface area (Å²) in [5, 5.41) is 0. The Morgan fingerprint density at radius 2 is 1.90 bits per heavy atom. The van der Waals surface area contributed by atoms with Crippen molar-refractivity contribution in [3.63, 3.8) is 0 Å². The normalized spacial score (nSPS) is 19.9. The highest BCUT2D eigenvalue weighted by atomic mass is 16.5. The van der Waals surface area contributed by atoms with E-state index < -0.39 is 0 Å². The summed E-state index contributed by atoms with van der Waals surface area (Å²) < 4.78 is 5.36. The van der Waals surface area contributed by atoms with E-state index in [-0.39, 0.29) is 11.6 Å². The van der Waals surface area contributed by atoms with Crippen LogP contribution in [0.3, 0.4) is 0 Å². The molecule has 1 aliphatic rings. The first kappa shape index (κ1) is 15.2. The number of ether oxygens (including phenoxy) is 1. The molecular formula is C14H25N5O. The monoisotopic (exact) mass is 279 g/mol. The third-order valence-corrected chi connectivity index (χ3v) is 4.47. The molecule has 1 atom stereocenters. The molecule has 0 aliphatic heterocycles. The molecule has 0 saturated heterocycles. The molecule has 1 fully saturated rings. The summed E-state index contributed by atoms with van der Waals surface area (Å²) in [5.74, 6) is 6.43. The Kier molecular flexibility index (Phi) is 4.91. The van der Waals surface area contributed by atoms with Crippen LogP contribution in [0.2, 0.25) is 0 Å². The fourth-order valence-corrected chi connectivity index (χ4v) is 3.34. The van der Waals surface area contributed by atoms with E-state index in [1.54, 1.807) is 19.5 Å². The Morgan fingerprint density at radius 3 is 2.45 bits per heavy atom. The Balaban J connectivity index is 2.43. The van der Waals surface area contributed by atoms with Crippen molar-refractivity contribution >= 4 is 0 Å². The largest absolute Gasteiger partial charge is 0.480 e. The number of likely N-dealkylation sites (N-methyl/N-ethyl adjacent to an activating group) is 1. The number of aromatic nitrogens is 2. The Labute approximate surface area is 120 Å². The Morgan fingerprint density at radius 1 is 1.25 bits per heavy atom. The minimum Gasteiger partial charge on any atom is -0.480 e. The molecule has 0 bridgehead atoms. The lowest BCUT2D eigenvalue weighted by Crippen LogP contribution is -2.56. The van der Waals surface area contributed by atoms with Gasteiger partial charge in [-0.1, -0.05) is 19.3 Å². The quantitative estimate of drug-likeness (QED) is 0.624. The molecule has 0 aromatic carbocycles. The van der Waals surface area contributed by atoms with Crippen LogP contribution in [-0.2, 0) is 0 Å². The maximum absolute atomic E-state index is 5.88. The van der Waals surface area contributed by atoms with Crippen LogP contribution in [0.4, 0.5) is 0 Å². The molecule has 0 amide bonds. The second-order valence-corrected chi connectivity index (χ2v) is 5.61. The van der Waals surface area contributed by atoms with Crippen molar-refractivity contribution in [2.75, 3.05) is 21.2 Å². The van der Waals surface area contributed by atoms with E-state index in [0.29, 0.717) is 5.88 Å². The second-order valence-electron chi connectivity index (χ2n) is 5.61. The highest BCUT2D eigenvalue weighted by molar-refractivity contribution is 5.25. The summed E-state index contributed by atoms with van der Waals surface area (Å²) in [6.45, 7) is 0. The van der Waals surface area contributed by atoms with Gasteiger partial charge in [-0.05, 0) is 26.9 Å². The summed E-state index contributed by atoms with van der Waals surface area (Å²) in [6.07, 6.45) is 9.21. The van der Waals surface area contributed by atoms with Gasteiger partial charge in [0, 0.05) is 17.9 Å². The molecule has 3 N–H and O–H groups in total. The minimum absolute atomic E-state index is 0.0453. The fraction of sp³-hybridized carbons (Fsp3) is 0.714. The number of nitrogens with zero attached hydrogens (tertiary/aromatic N) is 3. The molecule has 1 heterocycles. The van der Waals surface area contributed by atoms with Gasteiger partial charge in [0.1, 0.15) is 5.69 Å². The van der Waals surface area contributed by atoms with E-state index >= 15 is 0 Å². The molecule has 112 valence electrons. The number of nitrogens with two attached hydrogens (primary N) is 1. The van der Waals surface area contributed by atoms with E-state index in [1.807, 2.05) is 0 Å². The van der Waals surface area contributed by atoms with Gasteiger partial charge in [0.05, 0.1) is 13.2 Å². The predicted molar refractivity (Wildman–Crippen MR) is 78.2 cm³/mol. The summed E-state index contributed by atoms with van der Waals surface area (Å²) >= 11 is 0. The molecule has 2 rings (SSSR count). The number of nitrogens with one attached hydrogen (secondary N) is 1. The third kappa shape index (κ3) is 2.63. The molecule has 1 aromatic rings. The average Bonchev–Trinajstić information content (AvgIpc) is 2.49. The Hall–Kier alpha value is -1.24. The van der Waals surface area contributed by atoms with Gasteiger partial charge in [-0.25, -0.2) is 10.4 Å². The van der Waals surface area contributed by atoms with Crippen molar-refractivity contribution in [2.24, 2.45) is 5.84 Å². The van der Waals surface area contributed by atoms with Gasteiger partial charge in [0.2, 0.25) is 5.88 Å². The van der Waals surface area contributed by atoms with Gasteiger partial charge in [0.15, 0.2) is 0 Å². The lowest BCUT2D eigenvalue weighted by Gasteiger charge is -2.47. The van der Waals surface area contributed by atoms with Crippen molar-refractivity contribution in [3.8, 4) is 5.88 Å². The average molecular weight is 279 g/mol. The zero-order valence-corrected chi connectivity index (χ0v) is 12.6. The van der Waals surface area contributed by atoms with Crippen molar-refractivity contribution in [1.82, 2.24) is 20.3 Å². The Bertz CT molecular complexity index is 431. The van der Waals surface area contributed by atoms with Crippen molar-refractivity contribution in [3.05, 3.63) is 18.1 Å². The lowest BCUT2D eigenvalue weighted by atomic mass is 9.74. The van der Waals surface area contributed by atoms with Crippen LogP contribution in [0.15, 0.2) is 12.4 Å². The molecule has 0 spiro atoms. The zero-order valence-electron chi connectivity index (χ0n) is 12.6. The fourth-order valence-electron chi connectivity index (χ4n) is 3.34. The maximum atomic E-state index is 5.88. The van der Waals surface area contributed by atoms with Gasteiger partial charge < -0.3 is 9.64 Å². The highest BCUT2D eigenvalue weighted by Gasteiger charge is 2.44. The molecule has 6 heteroatoms. The molecule has 1 aliphatic carbocycles. The SMILES string of the molecule is COc1nccnc1C(NN)C1(N(C)C)CCCCC1. The van der Waals surface area contributed by atoms with Gasteiger partial charge in [-0.15, -0.1) is 0 Å². The van der Waals surface area contributed by atoms with Crippen LogP contribution in [0.5, 0.6) is 5.88 Å².